The Bertz CT molecular complexity index is 685. The van der Waals surface area contributed by atoms with Gasteiger partial charge in [-0.15, -0.1) is 0 Å². The van der Waals surface area contributed by atoms with Crippen molar-refractivity contribution >= 4 is 28.8 Å². The molecule has 0 bridgehead atoms. The number of anilines is 1. The minimum atomic E-state index is -0.400. The number of halogens is 1. The lowest BCUT2D eigenvalue weighted by atomic mass is 10.1. The third-order valence-electron chi connectivity index (χ3n) is 2.86. The molecule has 0 radical (unpaired) electrons. The summed E-state index contributed by atoms with van der Waals surface area (Å²) < 4.78 is 13.2. The first kappa shape index (κ1) is 14.1. The fourth-order valence-electron chi connectivity index (χ4n) is 1.74. The van der Waals surface area contributed by atoms with E-state index in [1.54, 1.807) is 37.3 Å². The van der Waals surface area contributed by atoms with Crippen molar-refractivity contribution in [1.29, 1.82) is 0 Å². The van der Waals surface area contributed by atoms with Crippen LogP contribution in [-0.2, 0) is 0 Å². The first-order valence-corrected chi connectivity index (χ1v) is 6.35. The van der Waals surface area contributed by atoms with E-state index in [1.807, 2.05) is 0 Å². The molecule has 3 nitrogen and oxygen atoms in total. The molecule has 1 amide bonds. The van der Waals surface area contributed by atoms with Crippen molar-refractivity contribution in [2.24, 2.45) is 5.73 Å². The molecular weight excluding hydrogens is 275 g/mol. The molecular formula is C15H13FN2OS. The average molecular weight is 288 g/mol. The second-order valence-corrected chi connectivity index (χ2v) is 4.80. The maximum atomic E-state index is 13.2. The third kappa shape index (κ3) is 3.19. The number of carbonyl (C=O) groups excluding carboxylic acids is 1. The van der Waals surface area contributed by atoms with Gasteiger partial charge in [0.2, 0.25) is 0 Å². The van der Waals surface area contributed by atoms with Crippen LogP contribution in [0.2, 0.25) is 0 Å². The Kier molecular flexibility index (Phi) is 4.10. The van der Waals surface area contributed by atoms with Crippen LogP contribution in [0.3, 0.4) is 0 Å². The second kappa shape index (κ2) is 5.79. The van der Waals surface area contributed by atoms with Crippen LogP contribution in [0, 0.1) is 12.7 Å². The summed E-state index contributed by atoms with van der Waals surface area (Å²) in [5.74, 6) is -0.736. The normalized spacial score (nSPS) is 10.1. The quantitative estimate of drug-likeness (QED) is 0.854. The van der Waals surface area contributed by atoms with Gasteiger partial charge in [-0.05, 0) is 36.8 Å². The summed E-state index contributed by atoms with van der Waals surface area (Å²) in [5, 5.41) is 2.67. The second-order valence-electron chi connectivity index (χ2n) is 4.36. The number of amides is 1. The maximum absolute atomic E-state index is 13.2. The van der Waals surface area contributed by atoms with Gasteiger partial charge in [0.25, 0.3) is 5.91 Å². The van der Waals surface area contributed by atoms with E-state index < -0.39 is 5.82 Å². The number of hydrogen-bond donors (Lipinski definition) is 2. The van der Waals surface area contributed by atoms with Crippen LogP contribution >= 0.6 is 12.2 Å². The molecule has 20 heavy (non-hydrogen) atoms. The van der Waals surface area contributed by atoms with Gasteiger partial charge in [-0.3, -0.25) is 4.79 Å². The Labute approximate surface area is 121 Å². The lowest BCUT2D eigenvalue weighted by molar-refractivity contribution is 0.102. The Hall–Kier alpha value is -2.27. The molecule has 0 aromatic heterocycles. The zero-order valence-corrected chi connectivity index (χ0v) is 11.6. The largest absolute Gasteiger partial charge is 0.389 e. The van der Waals surface area contributed by atoms with Crippen LogP contribution in [0.1, 0.15) is 21.5 Å². The molecule has 0 heterocycles. The predicted molar refractivity (Wildman–Crippen MR) is 81.4 cm³/mol. The van der Waals surface area contributed by atoms with E-state index in [0.29, 0.717) is 16.8 Å². The third-order valence-corrected chi connectivity index (χ3v) is 3.09. The molecule has 0 atom stereocenters. The van der Waals surface area contributed by atoms with Gasteiger partial charge in [0.1, 0.15) is 10.8 Å². The van der Waals surface area contributed by atoms with Crippen molar-refractivity contribution in [3.63, 3.8) is 0 Å². The van der Waals surface area contributed by atoms with Crippen LogP contribution in [0.25, 0.3) is 0 Å². The van der Waals surface area contributed by atoms with Crippen LogP contribution in [0.5, 0.6) is 0 Å². The van der Waals surface area contributed by atoms with E-state index in [-0.39, 0.29) is 10.9 Å². The van der Waals surface area contributed by atoms with E-state index >= 15 is 0 Å². The average Bonchev–Trinajstić information content (AvgIpc) is 2.43. The summed E-state index contributed by atoms with van der Waals surface area (Å²) in [7, 11) is 0. The molecule has 2 rings (SSSR count). The van der Waals surface area contributed by atoms with Gasteiger partial charge in [-0.1, -0.05) is 30.4 Å². The minimum absolute atomic E-state index is 0.224. The van der Waals surface area contributed by atoms with Crippen LogP contribution < -0.4 is 11.1 Å². The summed E-state index contributed by atoms with van der Waals surface area (Å²) in [4.78, 5) is 12.4. The molecule has 0 aliphatic carbocycles. The Balaban J connectivity index is 2.26. The SMILES string of the molecule is Cc1ccc(F)cc1NC(=O)c1cccc(C(N)=S)c1. The topological polar surface area (TPSA) is 55.1 Å². The van der Waals surface area contributed by atoms with Crippen molar-refractivity contribution in [2.75, 3.05) is 5.32 Å². The van der Waals surface area contributed by atoms with E-state index in [1.165, 1.54) is 12.1 Å². The standard InChI is InChI=1S/C15H13FN2OS/c1-9-5-6-12(16)8-13(9)18-15(19)11-4-2-3-10(7-11)14(17)20/h2-8H,1H3,(H2,17,20)(H,18,19). The van der Waals surface area contributed by atoms with Gasteiger partial charge in [0.15, 0.2) is 0 Å². The number of rotatable bonds is 3. The zero-order chi connectivity index (χ0) is 14.7. The van der Waals surface area contributed by atoms with E-state index in [4.69, 9.17) is 18.0 Å². The van der Waals surface area contributed by atoms with Crippen LogP contribution in [0.4, 0.5) is 10.1 Å². The molecule has 2 aromatic carbocycles. The first-order valence-electron chi connectivity index (χ1n) is 5.95. The molecule has 0 saturated carbocycles. The van der Waals surface area contributed by atoms with E-state index in [9.17, 15) is 9.18 Å². The molecule has 5 heteroatoms. The minimum Gasteiger partial charge on any atom is -0.389 e. The van der Waals surface area contributed by atoms with Crippen LogP contribution in [-0.4, -0.2) is 10.9 Å². The van der Waals surface area contributed by atoms with Gasteiger partial charge in [-0.25, -0.2) is 4.39 Å². The Morgan fingerprint density at radius 3 is 2.60 bits per heavy atom. The number of hydrogen-bond acceptors (Lipinski definition) is 2. The highest BCUT2D eigenvalue weighted by atomic mass is 32.1. The van der Waals surface area contributed by atoms with Gasteiger partial charge in [-0.2, -0.15) is 0 Å². The highest BCUT2D eigenvalue weighted by Gasteiger charge is 2.09. The van der Waals surface area contributed by atoms with Crippen molar-refractivity contribution in [3.05, 3.63) is 65.0 Å². The van der Waals surface area contributed by atoms with Gasteiger partial charge in [0.05, 0.1) is 0 Å². The fraction of sp³-hybridized carbons (Fsp3) is 0.0667. The molecule has 0 aliphatic heterocycles. The summed E-state index contributed by atoms with van der Waals surface area (Å²) in [6, 6.07) is 10.9. The lowest BCUT2D eigenvalue weighted by Gasteiger charge is -2.09. The number of benzene rings is 2. The maximum Gasteiger partial charge on any atom is 0.255 e. The highest BCUT2D eigenvalue weighted by Crippen LogP contribution is 2.17. The molecule has 3 N–H and O–H groups in total. The van der Waals surface area contributed by atoms with E-state index in [0.717, 1.165) is 5.56 Å². The Morgan fingerprint density at radius 2 is 1.90 bits per heavy atom. The zero-order valence-electron chi connectivity index (χ0n) is 10.8. The van der Waals surface area contributed by atoms with Crippen molar-refractivity contribution in [3.8, 4) is 0 Å². The summed E-state index contributed by atoms with van der Waals surface area (Å²) in [5.41, 5.74) is 7.78. The molecule has 2 aromatic rings. The van der Waals surface area contributed by atoms with Crippen molar-refractivity contribution in [2.45, 2.75) is 6.92 Å². The predicted octanol–water partition coefficient (Wildman–Crippen LogP) is 3.02. The van der Waals surface area contributed by atoms with Crippen molar-refractivity contribution < 1.29 is 9.18 Å². The number of carbonyl (C=O) groups is 1. The fourth-order valence-corrected chi connectivity index (χ4v) is 1.86. The number of aryl methyl sites for hydroxylation is 1. The molecule has 0 unspecified atom stereocenters. The van der Waals surface area contributed by atoms with E-state index in [2.05, 4.69) is 5.32 Å². The Morgan fingerprint density at radius 1 is 1.20 bits per heavy atom. The molecule has 102 valence electrons. The number of thiocarbonyl (C=S) groups is 1. The molecule has 0 fully saturated rings. The van der Waals surface area contributed by atoms with Gasteiger partial charge in [0, 0.05) is 16.8 Å². The highest BCUT2D eigenvalue weighted by molar-refractivity contribution is 7.80. The van der Waals surface area contributed by atoms with Gasteiger partial charge >= 0.3 is 0 Å². The summed E-state index contributed by atoms with van der Waals surface area (Å²) >= 11 is 4.87. The molecule has 0 aliphatic rings. The van der Waals surface area contributed by atoms with Gasteiger partial charge < -0.3 is 11.1 Å². The number of nitrogens with one attached hydrogen (secondary N) is 1. The number of nitrogens with two attached hydrogens (primary N) is 1. The summed E-state index contributed by atoms with van der Waals surface area (Å²) in [6.45, 7) is 1.79. The first-order chi connectivity index (χ1) is 9.47. The smallest absolute Gasteiger partial charge is 0.255 e. The molecule has 0 spiro atoms. The van der Waals surface area contributed by atoms with Crippen LogP contribution in [0.15, 0.2) is 42.5 Å². The monoisotopic (exact) mass is 288 g/mol. The lowest BCUT2D eigenvalue weighted by Crippen LogP contribution is -2.15. The molecule has 0 saturated heterocycles. The summed E-state index contributed by atoms with van der Waals surface area (Å²) in [6.07, 6.45) is 0. The van der Waals surface area contributed by atoms with Crippen molar-refractivity contribution in [1.82, 2.24) is 0 Å².